The van der Waals surface area contributed by atoms with Crippen molar-refractivity contribution < 1.29 is 18.0 Å². The van der Waals surface area contributed by atoms with Gasteiger partial charge in [-0.05, 0) is 41.6 Å². The molecule has 0 atom stereocenters. The average Bonchev–Trinajstić information content (AvgIpc) is 3.02. The van der Waals surface area contributed by atoms with Gasteiger partial charge in [0.25, 0.3) is 0 Å². The number of carbonyl (C=O) groups excluding carboxylic acids is 1. The van der Waals surface area contributed by atoms with Crippen LogP contribution in [0, 0.1) is 0 Å². The van der Waals surface area contributed by atoms with E-state index in [4.69, 9.17) is 5.73 Å². The molecule has 0 aliphatic carbocycles. The SMILES string of the molecule is NC(=O)Cn1nnc(-c2ccccc2Nc2ccc(C(F)(F)F)cc2)n1. The number of hydrogen-bond acceptors (Lipinski definition) is 5. The largest absolute Gasteiger partial charge is 0.416 e. The van der Waals surface area contributed by atoms with Crippen LogP contribution in [0.3, 0.4) is 0 Å². The summed E-state index contributed by atoms with van der Waals surface area (Å²) in [5.41, 5.74) is 5.97. The monoisotopic (exact) mass is 362 g/mol. The van der Waals surface area contributed by atoms with E-state index >= 15 is 0 Å². The van der Waals surface area contributed by atoms with Crippen molar-refractivity contribution in [1.82, 2.24) is 20.2 Å². The topological polar surface area (TPSA) is 98.7 Å². The summed E-state index contributed by atoms with van der Waals surface area (Å²) in [5.74, 6) is -0.355. The second kappa shape index (κ2) is 6.82. The van der Waals surface area contributed by atoms with Crippen LogP contribution in [-0.2, 0) is 17.5 Å². The Morgan fingerprint density at radius 2 is 1.81 bits per heavy atom. The quantitative estimate of drug-likeness (QED) is 0.727. The Morgan fingerprint density at radius 1 is 1.12 bits per heavy atom. The lowest BCUT2D eigenvalue weighted by molar-refractivity contribution is -0.137. The minimum absolute atomic E-state index is 0.207. The number of halogens is 3. The van der Waals surface area contributed by atoms with Gasteiger partial charge in [0, 0.05) is 16.9 Å². The molecule has 0 aliphatic rings. The van der Waals surface area contributed by atoms with Gasteiger partial charge in [-0.25, -0.2) is 0 Å². The van der Waals surface area contributed by atoms with E-state index in [9.17, 15) is 18.0 Å². The summed E-state index contributed by atoms with van der Waals surface area (Å²) in [6.45, 7) is -0.207. The van der Waals surface area contributed by atoms with Crippen LogP contribution in [0.5, 0.6) is 0 Å². The summed E-state index contributed by atoms with van der Waals surface area (Å²) in [6.07, 6.45) is -4.39. The molecule has 0 fully saturated rings. The van der Waals surface area contributed by atoms with Crippen molar-refractivity contribution in [1.29, 1.82) is 0 Å². The number of rotatable bonds is 5. The molecule has 134 valence electrons. The molecule has 0 saturated heterocycles. The van der Waals surface area contributed by atoms with Crippen molar-refractivity contribution >= 4 is 17.3 Å². The number of tetrazole rings is 1. The fourth-order valence-electron chi connectivity index (χ4n) is 2.24. The zero-order valence-electron chi connectivity index (χ0n) is 13.2. The molecular formula is C16H13F3N6O. The fourth-order valence-corrected chi connectivity index (χ4v) is 2.24. The normalized spacial score (nSPS) is 11.3. The predicted octanol–water partition coefficient (Wildman–Crippen LogP) is 2.59. The molecule has 3 aromatic rings. The van der Waals surface area contributed by atoms with E-state index in [1.807, 2.05) is 0 Å². The van der Waals surface area contributed by atoms with E-state index in [0.717, 1.165) is 16.9 Å². The zero-order valence-corrected chi connectivity index (χ0v) is 13.2. The van der Waals surface area contributed by atoms with E-state index in [1.165, 1.54) is 12.1 Å². The van der Waals surface area contributed by atoms with Crippen molar-refractivity contribution in [2.45, 2.75) is 12.7 Å². The van der Waals surface area contributed by atoms with Gasteiger partial charge in [0.15, 0.2) is 0 Å². The number of primary amides is 1. The highest BCUT2D eigenvalue weighted by molar-refractivity contribution is 5.77. The lowest BCUT2D eigenvalue weighted by Gasteiger charge is -2.11. The second-order valence-corrected chi connectivity index (χ2v) is 5.36. The van der Waals surface area contributed by atoms with Crippen molar-refractivity contribution in [3.63, 3.8) is 0 Å². The fraction of sp³-hybridized carbons (Fsp3) is 0.125. The molecule has 0 bridgehead atoms. The van der Waals surface area contributed by atoms with Crippen molar-refractivity contribution in [3.05, 3.63) is 54.1 Å². The standard InChI is InChI=1S/C16H13F3N6O/c17-16(18,19)10-5-7-11(8-6-10)21-13-4-2-1-3-12(13)15-22-24-25(23-15)9-14(20)26/h1-8,21H,9H2,(H2,20,26). The molecule has 0 unspecified atom stereocenters. The van der Waals surface area contributed by atoms with Crippen LogP contribution in [0.15, 0.2) is 48.5 Å². The molecule has 0 saturated carbocycles. The van der Waals surface area contributed by atoms with Crippen LogP contribution in [0.4, 0.5) is 24.5 Å². The smallest absolute Gasteiger partial charge is 0.368 e. The zero-order chi connectivity index (χ0) is 18.7. The molecule has 3 rings (SSSR count). The Hall–Kier alpha value is -3.43. The minimum atomic E-state index is -4.39. The number of nitrogens with two attached hydrogens (primary N) is 1. The van der Waals surface area contributed by atoms with E-state index in [-0.39, 0.29) is 12.4 Å². The summed E-state index contributed by atoms with van der Waals surface area (Å²) in [7, 11) is 0. The maximum absolute atomic E-state index is 12.6. The molecular weight excluding hydrogens is 349 g/mol. The number of para-hydroxylation sites is 1. The van der Waals surface area contributed by atoms with E-state index < -0.39 is 17.6 Å². The molecule has 3 N–H and O–H groups in total. The second-order valence-electron chi connectivity index (χ2n) is 5.36. The number of nitrogens with one attached hydrogen (secondary N) is 1. The number of nitrogens with zero attached hydrogens (tertiary/aromatic N) is 4. The summed E-state index contributed by atoms with van der Waals surface area (Å²) in [6, 6.07) is 11.6. The molecule has 1 aromatic heterocycles. The van der Waals surface area contributed by atoms with Crippen LogP contribution in [0.1, 0.15) is 5.56 Å². The predicted molar refractivity (Wildman–Crippen MR) is 87.2 cm³/mol. The third-order valence-corrected chi connectivity index (χ3v) is 3.41. The number of amides is 1. The Kier molecular flexibility index (Phi) is 4.57. The third kappa shape index (κ3) is 3.97. The molecule has 0 aliphatic heterocycles. The van der Waals surface area contributed by atoms with Gasteiger partial charge in [-0.15, -0.1) is 10.2 Å². The number of benzene rings is 2. The first-order valence-corrected chi connectivity index (χ1v) is 7.43. The van der Waals surface area contributed by atoms with E-state index in [1.54, 1.807) is 24.3 Å². The Morgan fingerprint density at radius 3 is 2.46 bits per heavy atom. The maximum atomic E-state index is 12.6. The molecule has 7 nitrogen and oxygen atoms in total. The lowest BCUT2D eigenvalue weighted by Crippen LogP contribution is -2.20. The number of alkyl halides is 3. The molecule has 0 spiro atoms. The summed E-state index contributed by atoms with van der Waals surface area (Å²) in [4.78, 5) is 12.0. The highest BCUT2D eigenvalue weighted by Gasteiger charge is 2.29. The Balaban J connectivity index is 1.85. The van der Waals surface area contributed by atoms with Crippen LogP contribution in [-0.4, -0.2) is 26.1 Å². The van der Waals surface area contributed by atoms with Gasteiger partial charge < -0.3 is 11.1 Å². The van der Waals surface area contributed by atoms with Gasteiger partial charge in [-0.2, -0.15) is 18.0 Å². The van der Waals surface area contributed by atoms with E-state index in [2.05, 4.69) is 20.7 Å². The first-order valence-electron chi connectivity index (χ1n) is 7.43. The lowest BCUT2D eigenvalue weighted by atomic mass is 10.1. The Bertz CT molecular complexity index is 920. The van der Waals surface area contributed by atoms with Crippen LogP contribution < -0.4 is 11.1 Å². The molecule has 2 aromatic carbocycles. The van der Waals surface area contributed by atoms with Crippen molar-refractivity contribution in [2.75, 3.05) is 5.32 Å². The third-order valence-electron chi connectivity index (χ3n) is 3.41. The number of anilines is 2. The first kappa shape index (κ1) is 17.4. The molecule has 10 heteroatoms. The molecule has 1 heterocycles. The highest BCUT2D eigenvalue weighted by atomic mass is 19.4. The summed E-state index contributed by atoms with van der Waals surface area (Å²) >= 11 is 0. The summed E-state index contributed by atoms with van der Waals surface area (Å²) in [5, 5.41) is 14.7. The summed E-state index contributed by atoms with van der Waals surface area (Å²) < 4.78 is 37.9. The molecule has 26 heavy (non-hydrogen) atoms. The van der Waals surface area contributed by atoms with Gasteiger partial charge in [0.2, 0.25) is 11.7 Å². The average molecular weight is 362 g/mol. The van der Waals surface area contributed by atoms with Gasteiger partial charge in [0.1, 0.15) is 6.54 Å². The van der Waals surface area contributed by atoms with Gasteiger partial charge in [-0.3, -0.25) is 4.79 Å². The van der Waals surface area contributed by atoms with Crippen molar-refractivity contribution in [2.24, 2.45) is 5.73 Å². The van der Waals surface area contributed by atoms with Gasteiger partial charge in [-0.1, -0.05) is 12.1 Å². The molecule has 1 amide bonds. The first-order chi connectivity index (χ1) is 12.3. The van der Waals surface area contributed by atoms with E-state index in [0.29, 0.717) is 16.9 Å². The number of aromatic nitrogens is 4. The maximum Gasteiger partial charge on any atom is 0.416 e. The van der Waals surface area contributed by atoms with Crippen LogP contribution in [0.2, 0.25) is 0 Å². The molecule has 0 radical (unpaired) electrons. The van der Waals surface area contributed by atoms with Gasteiger partial charge in [0.05, 0.1) is 5.56 Å². The Labute approximate surface area is 145 Å². The van der Waals surface area contributed by atoms with Crippen LogP contribution >= 0.6 is 0 Å². The minimum Gasteiger partial charge on any atom is -0.368 e. The van der Waals surface area contributed by atoms with Gasteiger partial charge >= 0.3 is 6.18 Å². The van der Waals surface area contributed by atoms with Crippen LogP contribution in [0.25, 0.3) is 11.4 Å². The highest BCUT2D eigenvalue weighted by Crippen LogP contribution is 2.32. The number of carbonyl (C=O) groups is 1. The van der Waals surface area contributed by atoms with Crippen molar-refractivity contribution in [3.8, 4) is 11.4 Å². The number of hydrogen-bond donors (Lipinski definition) is 2.